The molecule has 1 amide bonds. The van der Waals surface area contributed by atoms with E-state index in [1.54, 1.807) is 17.4 Å². The minimum absolute atomic E-state index is 0.0320. The van der Waals surface area contributed by atoms with E-state index in [0.717, 1.165) is 29.0 Å². The maximum atomic E-state index is 11.9. The number of hydrogen-bond donors (Lipinski definition) is 1. The fourth-order valence-corrected chi connectivity index (χ4v) is 3.39. The van der Waals surface area contributed by atoms with Crippen molar-refractivity contribution in [1.82, 2.24) is 15.1 Å². The Hall–Kier alpha value is -2.66. The molecule has 0 aliphatic heterocycles. The van der Waals surface area contributed by atoms with Crippen LogP contribution in [0.3, 0.4) is 0 Å². The molecule has 1 N–H and O–H groups in total. The number of amides is 1. The van der Waals surface area contributed by atoms with E-state index in [0.29, 0.717) is 12.6 Å². The van der Waals surface area contributed by atoms with Crippen LogP contribution in [0.15, 0.2) is 60.1 Å². The molecule has 0 spiro atoms. The van der Waals surface area contributed by atoms with Crippen LogP contribution >= 0.6 is 11.3 Å². The second-order valence-corrected chi connectivity index (χ2v) is 7.16. The molecular weight excluding hydrogens is 330 g/mol. The van der Waals surface area contributed by atoms with Crippen LogP contribution in [-0.4, -0.2) is 21.7 Å². The number of carbonyl (C=O) groups is 1. The summed E-state index contributed by atoms with van der Waals surface area (Å²) in [5, 5.41) is 9.76. The molecule has 0 unspecified atom stereocenters. The third-order valence-corrected chi connectivity index (χ3v) is 4.95. The van der Waals surface area contributed by atoms with E-state index in [9.17, 15) is 4.79 Å². The lowest BCUT2D eigenvalue weighted by atomic mass is 10.2. The van der Waals surface area contributed by atoms with Gasteiger partial charge in [-0.3, -0.25) is 9.48 Å². The Balaban J connectivity index is 1.59. The van der Waals surface area contributed by atoms with Crippen molar-refractivity contribution in [2.24, 2.45) is 0 Å². The minimum Gasteiger partial charge on any atom is -0.350 e. The quantitative estimate of drug-likeness (QED) is 0.685. The van der Waals surface area contributed by atoms with Crippen LogP contribution < -0.4 is 5.32 Å². The second-order valence-electron chi connectivity index (χ2n) is 6.21. The van der Waals surface area contributed by atoms with Crippen molar-refractivity contribution in [3.05, 3.63) is 71.2 Å². The summed E-state index contributed by atoms with van der Waals surface area (Å²) in [6, 6.07) is 14.7. The summed E-state index contributed by atoms with van der Waals surface area (Å²) in [7, 11) is 0. The van der Waals surface area contributed by atoms with Crippen LogP contribution in [0, 0.1) is 0 Å². The number of thiophene rings is 1. The van der Waals surface area contributed by atoms with E-state index >= 15 is 0 Å². The van der Waals surface area contributed by atoms with Crippen LogP contribution in [0.4, 0.5) is 0 Å². The molecule has 4 nitrogen and oxygen atoms in total. The summed E-state index contributed by atoms with van der Waals surface area (Å²) >= 11 is 1.65. The van der Waals surface area contributed by atoms with Gasteiger partial charge >= 0.3 is 0 Å². The minimum atomic E-state index is -0.0320. The molecule has 5 heteroatoms. The largest absolute Gasteiger partial charge is 0.350 e. The number of rotatable bonds is 6. The molecule has 1 aliphatic rings. The van der Waals surface area contributed by atoms with Crippen LogP contribution in [0.2, 0.25) is 0 Å². The van der Waals surface area contributed by atoms with Crippen molar-refractivity contribution in [1.29, 1.82) is 0 Å². The van der Waals surface area contributed by atoms with Gasteiger partial charge in [-0.2, -0.15) is 5.10 Å². The van der Waals surface area contributed by atoms with Crippen molar-refractivity contribution >= 4 is 23.3 Å². The van der Waals surface area contributed by atoms with E-state index in [1.807, 2.05) is 46.6 Å². The zero-order valence-corrected chi connectivity index (χ0v) is 14.6. The zero-order chi connectivity index (χ0) is 17.1. The molecule has 126 valence electrons. The van der Waals surface area contributed by atoms with Gasteiger partial charge in [0.2, 0.25) is 5.91 Å². The highest BCUT2D eigenvalue weighted by Gasteiger charge is 2.22. The number of nitrogens with one attached hydrogen (secondary N) is 1. The molecule has 1 saturated carbocycles. The molecule has 1 aliphatic carbocycles. The Labute approximate surface area is 150 Å². The van der Waals surface area contributed by atoms with Crippen LogP contribution in [0.5, 0.6) is 0 Å². The van der Waals surface area contributed by atoms with Gasteiger partial charge in [0.1, 0.15) is 5.69 Å². The molecule has 1 fully saturated rings. The van der Waals surface area contributed by atoms with Gasteiger partial charge in [0.15, 0.2) is 0 Å². The Morgan fingerprint density at radius 3 is 2.80 bits per heavy atom. The van der Waals surface area contributed by atoms with Crippen LogP contribution in [-0.2, 0) is 11.3 Å². The molecule has 1 aromatic carbocycles. The van der Waals surface area contributed by atoms with E-state index < -0.39 is 0 Å². The maximum Gasteiger partial charge on any atom is 0.244 e. The Morgan fingerprint density at radius 2 is 2.08 bits per heavy atom. The van der Waals surface area contributed by atoms with Crippen LogP contribution in [0.25, 0.3) is 16.6 Å². The predicted molar refractivity (Wildman–Crippen MR) is 101 cm³/mol. The first-order valence-electron chi connectivity index (χ1n) is 8.42. The number of benzene rings is 1. The fraction of sp³-hybridized carbons (Fsp3) is 0.200. The highest BCUT2D eigenvalue weighted by Crippen LogP contribution is 2.28. The molecule has 2 aromatic heterocycles. The Bertz CT molecular complexity index is 877. The Kier molecular flexibility index (Phi) is 4.48. The molecule has 25 heavy (non-hydrogen) atoms. The first-order chi connectivity index (χ1) is 12.3. The molecular formula is C20H19N3OS. The number of hydrogen-bond acceptors (Lipinski definition) is 3. The Morgan fingerprint density at radius 1 is 1.24 bits per heavy atom. The summed E-state index contributed by atoms with van der Waals surface area (Å²) in [5.41, 5.74) is 3.08. The third kappa shape index (κ3) is 4.06. The van der Waals surface area contributed by atoms with Crippen molar-refractivity contribution in [3.8, 4) is 10.6 Å². The van der Waals surface area contributed by atoms with Crippen molar-refractivity contribution in [3.63, 3.8) is 0 Å². The van der Waals surface area contributed by atoms with Crippen LogP contribution in [0.1, 0.15) is 24.0 Å². The standard InChI is InChI=1S/C20H19N3OS/c24-19(21-17-9-10-17)11-8-16-14-23(13-15-5-2-1-3-6-15)22-20(16)18-7-4-12-25-18/h1-8,11-12,14,17H,9-10,13H2,(H,21,24)/b11-8+. The average Bonchev–Trinajstić information content (AvgIpc) is 3.11. The molecule has 0 bridgehead atoms. The van der Waals surface area contributed by atoms with Gasteiger partial charge in [-0.25, -0.2) is 0 Å². The predicted octanol–water partition coefficient (Wildman–Crippen LogP) is 3.95. The molecule has 0 radical (unpaired) electrons. The molecule has 0 saturated heterocycles. The van der Waals surface area contributed by atoms with Gasteiger partial charge < -0.3 is 5.32 Å². The molecule has 2 heterocycles. The summed E-state index contributed by atoms with van der Waals surface area (Å²) < 4.78 is 1.93. The lowest BCUT2D eigenvalue weighted by molar-refractivity contribution is -0.116. The van der Waals surface area contributed by atoms with E-state index in [1.165, 1.54) is 5.56 Å². The topological polar surface area (TPSA) is 46.9 Å². The van der Waals surface area contributed by atoms with Crippen molar-refractivity contribution in [2.45, 2.75) is 25.4 Å². The lowest BCUT2D eigenvalue weighted by Crippen LogP contribution is -2.22. The normalized spacial score (nSPS) is 14.1. The molecule has 0 atom stereocenters. The van der Waals surface area contributed by atoms with E-state index in [2.05, 4.69) is 23.5 Å². The SMILES string of the molecule is O=C(/C=C/c1cn(Cc2ccccc2)nc1-c1cccs1)NC1CC1. The first-order valence-corrected chi connectivity index (χ1v) is 9.30. The lowest BCUT2D eigenvalue weighted by Gasteiger charge is -2.00. The summed E-state index contributed by atoms with van der Waals surface area (Å²) in [6.07, 6.45) is 7.66. The second kappa shape index (κ2) is 7.07. The average molecular weight is 349 g/mol. The van der Waals surface area contributed by atoms with Gasteiger partial charge in [-0.05, 0) is 35.9 Å². The van der Waals surface area contributed by atoms with Crippen molar-refractivity contribution < 1.29 is 4.79 Å². The highest BCUT2D eigenvalue weighted by molar-refractivity contribution is 7.13. The fourth-order valence-electron chi connectivity index (χ4n) is 2.66. The van der Waals surface area contributed by atoms with Gasteiger partial charge in [0.25, 0.3) is 0 Å². The molecule has 4 rings (SSSR count). The summed E-state index contributed by atoms with van der Waals surface area (Å²) in [6.45, 7) is 0.710. The number of aromatic nitrogens is 2. The number of carbonyl (C=O) groups excluding carboxylic acids is 1. The van der Waals surface area contributed by atoms with E-state index in [-0.39, 0.29) is 5.91 Å². The maximum absolute atomic E-state index is 11.9. The van der Waals surface area contributed by atoms with Gasteiger partial charge in [-0.15, -0.1) is 11.3 Å². The van der Waals surface area contributed by atoms with E-state index in [4.69, 9.17) is 5.10 Å². The van der Waals surface area contributed by atoms with Gasteiger partial charge in [0.05, 0.1) is 11.4 Å². The first kappa shape index (κ1) is 15.8. The summed E-state index contributed by atoms with van der Waals surface area (Å²) in [5.74, 6) is -0.0320. The van der Waals surface area contributed by atoms with Crippen molar-refractivity contribution in [2.75, 3.05) is 0 Å². The van der Waals surface area contributed by atoms with Gasteiger partial charge in [0, 0.05) is 23.9 Å². The zero-order valence-electron chi connectivity index (χ0n) is 13.8. The highest BCUT2D eigenvalue weighted by atomic mass is 32.1. The summed E-state index contributed by atoms with van der Waals surface area (Å²) in [4.78, 5) is 13.0. The number of nitrogens with zero attached hydrogens (tertiary/aromatic N) is 2. The van der Waals surface area contributed by atoms with Gasteiger partial charge in [-0.1, -0.05) is 36.4 Å². The molecule has 3 aromatic rings. The third-order valence-electron chi connectivity index (χ3n) is 4.07. The smallest absolute Gasteiger partial charge is 0.244 e. The monoisotopic (exact) mass is 349 g/mol.